The van der Waals surface area contributed by atoms with Crippen molar-refractivity contribution < 1.29 is 9.59 Å². The fraction of sp³-hybridized carbons (Fsp3) is 0.478. The lowest BCUT2D eigenvalue weighted by Gasteiger charge is -2.08. The summed E-state index contributed by atoms with van der Waals surface area (Å²) in [5.74, 6) is 0.0793. The average molecular weight is 471 g/mol. The summed E-state index contributed by atoms with van der Waals surface area (Å²) < 4.78 is 1.76. The SMILES string of the molecule is Cc1c(C(=O)NNC(=O)c2cc3c(s2)CCCCC3)sc2nc3n(c(=O)c12)CCCCC3. The van der Waals surface area contributed by atoms with Crippen molar-refractivity contribution in [1.82, 2.24) is 20.4 Å². The van der Waals surface area contributed by atoms with Gasteiger partial charge >= 0.3 is 0 Å². The van der Waals surface area contributed by atoms with Crippen molar-refractivity contribution >= 4 is 44.7 Å². The van der Waals surface area contributed by atoms with E-state index in [1.165, 1.54) is 39.5 Å². The van der Waals surface area contributed by atoms with Gasteiger partial charge in [0.15, 0.2) is 0 Å². The van der Waals surface area contributed by atoms with E-state index in [1.54, 1.807) is 11.5 Å². The molecule has 0 aromatic carbocycles. The van der Waals surface area contributed by atoms with Crippen LogP contribution in [0, 0.1) is 6.92 Å². The molecule has 1 aliphatic heterocycles. The van der Waals surface area contributed by atoms with Crippen LogP contribution in [0.2, 0.25) is 0 Å². The van der Waals surface area contributed by atoms with E-state index in [9.17, 15) is 14.4 Å². The van der Waals surface area contributed by atoms with Gasteiger partial charge in [0.2, 0.25) is 0 Å². The highest BCUT2D eigenvalue weighted by Crippen LogP contribution is 2.30. The molecule has 0 radical (unpaired) electrons. The minimum atomic E-state index is -0.420. The Morgan fingerprint density at radius 3 is 2.59 bits per heavy atom. The number of carbonyl (C=O) groups is 2. The maximum Gasteiger partial charge on any atom is 0.280 e. The van der Waals surface area contributed by atoms with Crippen LogP contribution in [0.15, 0.2) is 10.9 Å². The molecule has 0 fully saturated rings. The van der Waals surface area contributed by atoms with Crippen LogP contribution in [0.1, 0.15) is 79.7 Å². The van der Waals surface area contributed by atoms with E-state index in [4.69, 9.17) is 4.98 Å². The molecule has 0 bridgehead atoms. The number of rotatable bonds is 2. The van der Waals surface area contributed by atoms with Gasteiger partial charge in [-0.3, -0.25) is 29.8 Å². The van der Waals surface area contributed by atoms with Gasteiger partial charge in [-0.2, -0.15) is 0 Å². The van der Waals surface area contributed by atoms with E-state index in [0.29, 0.717) is 32.1 Å². The Hall–Kier alpha value is -2.52. The first-order valence-electron chi connectivity index (χ1n) is 11.3. The molecule has 1 aliphatic carbocycles. The normalized spacial score (nSPS) is 16.0. The van der Waals surface area contributed by atoms with E-state index in [1.807, 2.05) is 6.07 Å². The summed E-state index contributed by atoms with van der Waals surface area (Å²) in [7, 11) is 0. The largest absolute Gasteiger partial charge is 0.296 e. The Bertz CT molecular complexity index is 1250. The quantitative estimate of drug-likeness (QED) is 0.439. The maximum absolute atomic E-state index is 13.1. The number of nitrogens with zero attached hydrogens (tertiary/aromatic N) is 2. The van der Waals surface area contributed by atoms with Crippen molar-refractivity contribution in [3.63, 3.8) is 0 Å². The fourth-order valence-corrected chi connectivity index (χ4v) is 6.87. The summed E-state index contributed by atoms with van der Waals surface area (Å²) in [5, 5.41) is 0.513. The molecule has 0 spiro atoms. The van der Waals surface area contributed by atoms with Gasteiger partial charge in [-0.05, 0) is 62.6 Å². The van der Waals surface area contributed by atoms with Crippen molar-refractivity contribution in [2.24, 2.45) is 0 Å². The maximum atomic E-state index is 13.1. The predicted molar refractivity (Wildman–Crippen MR) is 127 cm³/mol. The van der Waals surface area contributed by atoms with Crippen molar-refractivity contribution in [2.75, 3.05) is 0 Å². The smallest absolute Gasteiger partial charge is 0.280 e. The molecular weight excluding hydrogens is 444 g/mol. The average Bonchev–Trinajstić information content (AvgIpc) is 3.13. The van der Waals surface area contributed by atoms with E-state index < -0.39 is 5.91 Å². The minimum Gasteiger partial charge on any atom is -0.296 e. The zero-order chi connectivity index (χ0) is 22.2. The van der Waals surface area contributed by atoms with Crippen molar-refractivity contribution in [3.8, 4) is 0 Å². The van der Waals surface area contributed by atoms with Crippen LogP contribution in [0.4, 0.5) is 0 Å². The number of hydrazine groups is 1. The second kappa shape index (κ2) is 8.78. The molecule has 2 aliphatic rings. The number of aryl methyl sites for hydroxylation is 4. The lowest BCUT2D eigenvalue weighted by atomic mass is 10.1. The van der Waals surface area contributed by atoms with Crippen LogP contribution in [-0.4, -0.2) is 21.4 Å². The first kappa shape index (κ1) is 21.3. The lowest BCUT2D eigenvalue weighted by Crippen LogP contribution is -2.41. The number of hydrogen-bond acceptors (Lipinski definition) is 6. The van der Waals surface area contributed by atoms with Crippen molar-refractivity contribution in [2.45, 2.75) is 71.3 Å². The summed E-state index contributed by atoms with van der Waals surface area (Å²) in [5.41, 5.74) is 6.89. The van der Waals surface area contributed by atoms with Gasteiger partial charge in [-0.1, -0.05) is 12.8 Å². The third-order valence-corrected chi connectivity index (χ3v) is 8.80. The molecule has 4 heterocycles. The third kappa shape index (κ3) is 3.88. The Morgan fingerprint density at radius 2 is 1.72 bits per heavy atom. The van der Waals surface area contributed by atoms with Crippen molar-refractivity contribution in [3.05, 3.63) is 48.0 Å². The van der Waals surface area contributed by atoms with E-state index >= 15 is 0 Å². The number of amides is 2. The topological polar surface area (TPSA) is 93.1 Å². The fourth-order valence-electron chi connectivity index (χ4n) is 4.64. The summed E-state index contributed by atoms with van der Waals surface area (Å²) in [6.45, 7) is 2.45. The highest BCUT2D eigenvalue weighted by atomic mass is 32.1. The zero-order valence-corrected chi connectivity index (χ0v) is 19.7. The highest BCUT2D eigenvalue weighted by Gasteiger charge is 2.23. The molecule has 7 nitrogen and oxygen atoms in total. The third-order valence-electron chi connectivity index (χ3n) is 6.38. The predicted octanol–water partition coefficient (Wildman–Crippen LogP) is 3.90. The van der Waals surface area contributed by atoms with E-state index in [0.717, 1.165) is 57.2 Å². The van der Waals surface area contributed by atoms with Gasteiger partial charge < -0.3 is 0 Å². The Labute approximate surface area is 193 Å². The molecule has 2 amide bonds. The van der Waals surface area contributed by atoms with Crippen molar-refractivity contribution in [1.29, 1.82) is 0 Å². The molecule has 3 aromatic rings. The van der Waals surface area contributed by atoms with Crippen LogP contribution in [-0.2, 0) is 25.8 Å². The summed E-state index contributed by atoms with van der Waals surface area (Å²) in [6.07, 6.45) is 9.45. The number of nitrogens with one attached hydrogen (secondary N) is 2. The van der Waals surface area contributed by atoms with Crippen LogP contribution < -0.4 is 16.4 Å². The molecule has 5 rings (SSSR count). The Morgan fingerprint density at radius 1 is 0.969 bits per heavy atom. The standard InChI is InChI=1S/C23H26N4O3S2/c1-13-18-22(24-17-10-6-3-7-11-27(17)23(18)30)32-19(13)21(29)26-25-20(28)16-12-14-8-4-2-5-9-15(14)31-16/h12H,2-11H2,1H3,(H,25,28)(H,26,29). The van der Waals surface area contributed by atoms with Gasteiger partial charge in [0.25, 0.3) is 17.4 Å². The number of thiophene rings is 2. The van der Waals surface area contributed by atoms with Gasteiger partial charge in [-0.25, -0.2) is 4.98 Å². The molecule has 0 atom stereocenters. The van der Waals surface area contributed by atoms with E-state index in [2.05, 4.69) is 10.9 Å². The lowest BCUT2D eigenvalue weighted by molar-refractivity contribution is 0.0851. The van der Waals surface area contributed by atoms with E-state index in [-0.39, 0.29) is 11.5 Å². The van der Waals surface area contributed by atoms with Crippen LogP contribution >= 0.6 is 22.7 Å². The summed E-state index contributed by atoms with van der Waals surface area (Å²) in [4.78, 5) is 46.2. The van der Waals surface area contributed by atoms with Gasteiger partial charge in [0.1, 0.15) is 10.7 Å². The second-order valence-corrected chi connectivity index (χ2v) is 10.7. The Kier molecular flexibility index (Phi) is 5.86. The zero-order valence-electron chi connectivity index (χ0n) is 18.1. The monoisotopic (exact) mass is 470 g/mol. The molecule has 32 heavy (non-hydrogen) atoms. The summed E-state index contributed by atoms with van der Waals surface area (Å²) in [6, 6.07) is 1.95. The molecule has 3 aromatic heterocycles. The molecule has 2 N–H and O–H groups in total. The molecule has 168 valence electrons. The van der Waals surface area contributed by atoms with Gasteiger partial charge in [0, 0.05) is 17.8 Å². The molecule has 0 saturated heterocycles. The highest BCUT2D eigenvalue weighted by molar-refractivity contribution is 7.20. The van der Waals surface area contributed by atoms with Gasteiger partial charge in [-0.15, -0.1) is 22.7 Å². The van der Waals surface area contributed by atoms with Gasteiger partial charge in [0.05, 0.1) is 15.1 Å². The second-order valence-electron chi connectivity index (χ2n) is 8.56. The van der Waals surface area contributed by atoms with Crippen LogP contribution in [0.25, 0.3) is 10.2 Å². The molecular formula is C23H26N4O3S2. The molecule has 0 saturated carbocycles. The first-order valence-corrected chi connectivity index (χ1v) is 12.9. The molecule has 0 unspecified atom stereocenters. The minimum absolute atomic E-state index is 0.0659. The number of carbonyl (C=O) groups excluding carboxylic acids is 2. The first-order chi connectivity index (χ1) is 15.5. The van der Waals surface area contributed by atoms with Crippen LogP contribution in [0.5, 0.6) is 0 Å². The summed E-state index contributed by atoms with van der Waals surface area (Å²) >= 11 is 2.73. The number of fused-ring (bicyclic) bond motifs is 3. The van der Waals surface area contributed by atoms with Crippen LogP contribution in [0.3, 0.4) is 0 Å². The number of aromatic nitrogens is 2. The Balaban J connectivity index is 1.35. The molecule has 9 heteroatoms. The number of hydrogen-bond donors (Lipinski definition) is 2.